The maximum absolute atomic E-state index is 13.4. The second kappa shape index (κ2) is 9.30. The number of hydrogen-bond acceptors (Lipinski definition) is 7. The molecular formula is C23H24FN3O4S. The highest BCUT2D eigenvalue weighted by Gasteiger charge is 2.25. The second-order valence-corrected chi connectivity index (χ2v) is 8.38. The van der Waals surface area contributed by atoms with Crippen LogP contribution in [0.15, 0.2) is 40.9 Å². The van der Waals surface area contributed by atoms with Crippen LogP contribution in [0.25, 0.3) is 11.0 Å². The second-order valence-electron chi connectivity index (χ2n) is 8.01. The molecule has 2 aliphatic rings. The highest BCUT2D eigenvalue weighted by Crippen LogP contribution is 2.34. The summed E-state index contributed by atoms with van der Waals surface area (Å²) in [6, 6.07) is 10.2. The van der Waals surface area contributed by atoms with Crippen LogP contribution >= 0.6 is 12.2 Å². The van der Waals surface area contributed by atoms with Gasteiger partial charge < -0.3 is 29.0 Å². The summed E-state index contributed by atoms with van der Waals surface area (Å²) in [7, 11) is 0. The van der Waals surface area contributed by atoms with Crippen LogP contribution < -0.4 is 14.8 Å². The third-order valence-corrected chi connectivity index (χ3v) is 6.13. The van der Waals surface area contributed by atoms with Crippen LogP contribution in [-0.4, -0.2) is 48.3 Å². The molecule has 9 heteroatoms. The molecule has 3 aromatic rings. The Labute approximate surface area is 190 Å². The fourth-order valence-corrected chi connectivity index (χ4v) is 4.44. The van der Waals surface area contributed by atoms with Gasteiger partial charge in [-0.15, -0.1) is 0 Å². The zero-order chi connectivity index (χ0) is 21.9. The number of nitrogens with one attached hydrogen (secondary N) is 1. The van der Waals surface area contributed by atoms with E-state index in [9.17, 15) is 4.39 Å². The number of piperidine rings is 1. The quantitative estimate of drug-likeness (QED) is 0.423. The number of halogens is 1. The molecule has 1 N–H and O–H groups in total. The van der Waals surface area contributed by atoms with Gasteiger partial charge in [0.2, 0.25) is 6.79 Å². The van der Waals surface area contributed by atoms with Gasteiger partial charge in [0, 0.05) is 35.7 Å². The van der Waals surface area contributed by atoms with E-state index in [0.717, 1.165) is 61.4 Å². The molecule has 0 unspecified atom stereocenters. The smallest absolute Gasteiger partial charge is 0.261 e. The predicted octanol–water partition coefficient (Wildman–Crippen LogP) is 4.68. The Morgan fingerprint density at radius 2 is 2.00 bits per heavy atom. The summed E-state index contributed by atoms with van der Waals surface area (Å²) in [4.78, 5) is 2.43. The molecule has 2 aliphatic heterocycles. The predicted molar refractivity (Wildman–Crippen MR) is 122 cm³/mol. The normalized spacial score (nSPS) is 16.4. The molecule has 0 radical (unpaired) electrons. The zero-order valence-corrected chi connectivity index (χ0v) is 18.3. The van der Waals surface area contributed by atoms with Crippen molar-refractivity contribution < 1.29 is 23.1 Å². The van der Waals surface area contributed by atoms with E-state index >= 15 is 0 Å². The van der Waals surface area contributed by atoms with E-state index in [2.05, 4.69) is 15.4 Å². The number of benzene rings is 2. The van der Waals surface area contributed by atoms with E-state index in [1.54, 1.807) is 6.07 Å². The summed E-state index contributed by atoms with van der Waals surface area (Å²) < 4.78 is 35.0. The van der Waals surface area contributed by atoms with Gasteiger partial charge in [-0.25, -0.2) is 4.39 Å². The third kappa shape index (κ3) is 4.63. The minimum Gasteiger partial charge on any atom is -0.471 e. The lowest BCUT2D eigenvalue weighted by Gasteiger charge is -2.31. The molecule has 0 atom stereocenters. The number of anilines is 1. The van der Waals surface area contributed by atoms with Gasteiger partial charge in [0.25, 0.3) is 5.17 Å². The lowest BCUT2D eigenvalue weighted by Crippen LogP contribution is -2.34. The molecule has 7 nitrogen and oxygen atoms in total. The summed E-state index contributed by atoms with van der Waals surface area (Å²) in [5, 5.41) is 8.55. The van der Waals surface area contributed by atoms with Crippen LogP contribution in [-0.2, 0) is 4.74 Å². The number of ether oxygens (including phenoxy) is 3. The van der Waals surface area contributed by atoms with Crippen molar-refractivity contribution in [1.29, 1.82) is 0 Å². The monoisotopic (exact) mass is 457 g/mol. The lowest BCUT2D eigenvalue weighted by atomic mass is 9.91. The van der Waals surface area contributed by atoms with Crippen molar-refractivity contribution in [2.45, 2.75) is 25.2 Å². The van der Waals surface area contributed by atoms with Gasteiger partial charge in [-0.1, -0.05) is 5.16 Å². The van der Waals surface area contributed by atoms with Gasteiger partial charge in [-0.3, -0.25) is 0 Å². The molecule has 0 amide bonds. The average Bonchev–Trinajstić information content (AvgIpc) is 3.43. The van der Waals surface area contributed by atoms with Crippen molar-refractivity contribution in [3.8, 4) is 11.5 Å². The largest absolute Gasteiger partial charge is 0.471 e. The number of nitrogens with zero attached hydrogens (tertiary/aromatic N) is 2. The van der Waals surface area contributed by atoms with Crippen LogP contribution in [0.2, 0.25) is 0 Å². The molecule has 1 fully saturated rings. The van der Waals surface area contributed by atoms with E-state index in [1.165, 1.54) is 12.1 Å². The molecule has 5 rings (SSSR count). The number of fused-ring (bicyclic) bond motifs is 2. The number of aromatic nitrogens is 1. The van der Waals surface area contributed by atoms with Gasteiger partial charge >= 0.3 is 0 Å². The lowest BCUT2D eigenvalue weighted by molar-refractivity contribution is 0.174. The van der Waals surface area contributed by atoms with Crippen molar-refractivity contribution in [2.24, 2.45) is 0 Å². The fraction of sp³-hybridized carbons (Fsp3) is 0.391. The van der Waals surface area contributed by atoms with E-state index in [1.807, 2.05) is 18.2 Å². The Bertz CT molecular complexity index is 1110. The third-order valence-electron chi connectivity index (χ3n) is 5.91. The van der Waals surface area contributed by atoms with Crippen molar-refractivity contribution in [1.82, 2.24) is 10.1 Å². The van der Waals surface area contributed by atoms with Gasteiger partial charge in [0.1, 0.15) is 5.82 Å². The fourth-order valence-electron chi connectivity index (χ4n) is 4.24. The molecular weight excluding hydrogens is 433 g/mol. The minimum atomic E-state index is -0.303. The van der Waals surface area contributed by atoms with E-state index in [0.29, 0.717) is 29.0 Å². The van der Waals surface area contributed by atoms with E-state index in [4.69, 9.17) is 31.0 Å². The molecule has 168 valence electrons. The van der Waals surface area contributed by atoms with Gasteiger partial charge in [-0.2, -0.15) is 0 Å². The number of hydrogen-bond donors (Lipinski definition) is 1. The molecule has 0 saturated carbocycles. The Morgan fingerprint density at radius 3 is 2.88 bits per heavy atom. The standard InChI is InChI=1S/C23H24FN3O4S/c24-16-2-4-18-20(12-16)31-26-22(18)15-6-9-27(10-7-15)8-1-11-28-23(32)25-17-3-5-19-21(13-17)30-14-29-19/h2-5,12-13,15H,1,6-11,14H2,(H,25,32). The maximum Gasteiger partial charge on any atom is 0.261 e. The average molecular weight is 458 g/mol. The number of thiocarbonyl (C=S) groups is 1. The van der Waals surface area contributed by atoms with Crippen molar-refractivity contribution in [3.05, 3.63) is 47.9 Å². The Morgan fingerprint density at radius 1 is 1.16 bits per heavy atom. The van der Waals surface area contributed by atoms with Crippen molar-refractivity contribution >= 4 is 34.0 Å². The number of likely N-dealkylation sites (tertiary alicyclic amines) is 1. The highest BCUT2D eigenvalue weighted by atomic mass is 32.1. The number of rotatable bonds is 6. The Kier molecular flexibility index (Phi) is 6.09. The molecule has 3 heterocycles. The highest BCUT2D eigenvalue weighted by molar-refractivity contribution is 7.80. The summed E-state index contributed by atoms with van der Waals surface area (Å²) in [5.41, 5.74) is 2.28. The van der Waals surface area contributed by atoms with Crippen LogP contribution in [0, 0.1) is 5.82 Å². The first kappa shape index (κ1) is 21.0. The molecule has 0 aliphatic carbocycles. The van der Waals surface area contributed by atoms with E-state index < -0.39 is 0 Å². The molecule has 0 bridgehead atoms. The maximum atomic E-state index is 13.4. The molecule has 32 heavy (non-hydrogen) atoms. The summed E-state index contributed by atoms with van der Waals surface area (Å²) in [6.07, 6.45) is 2.90. The molecule has 0 spiro atoms. The van der Waals surface area contributed by atoms with Crippen LogP contribution in [0.5, 0.6) is 11.5 Å². The summed E-state index contributed by atoms with van der Waals surface area (Å²) in [5.74, 6) is 1.47. The minimum absolute atomic E-state index is 0.242. The first-order valence-electron chi connectivity index (χ1n) is 10.8. The van der Waals surface area contributed by atoms with Crippen molar-refractivity contribution in [3.63, 3.8) is 0 Å². The topological polar surface area (TPSA) is 69.0 Å². The zero-order valence-electron chi connectivity index (χ0n) is 17.5. The Hall–Kier alpha value is -2.91. The van der Waals surface area contributed by atoms with Gasteiger partial charge in [0.05, 0.1) is 12.3 Å². The summed E-state index contributed by atoms with van der Waals surface area (Å²) >= 11 is 5.28. The SMILES string of the molecule is Fc1ccc2c(C3CCN(CCCOC(=S)Nc4ccc5c(c4)OCO5)CC3)noc2c1. The molecule has 2 aromatic carbocycles. The van der Waals surface area contributed by atoms with Gasteiger partial charge in [-0.05, 0) is 68.8 Å². The Balaban J connectivity index is 1.03. The van der Waals surface area contributed by atoms with E-state index in [-0.39, 0.29) is 12.6 Å². The van der Waals surface area contributed by atoms with Crippen molar-refractivity contribution in [2.75, 3.05) is 38.4 Å². The molecule has 1 saturated heterocycles. The molecule has 1 aromatic heterocycles. The van der Waals surface area contributed by atoms with Crippen LogP contribution in [0.4, 0.5) is 10.1 Å². The van der Waals surface area contributed by atoms with Crippen LogP contribution in [0.1, 0.15) is 30.9 Å². The first-order valence-corrected chi connectivity index (χ1v) is 11.2. The first-order chi connectivity index (χ1) is 15.7. The van der Waals surface area contributed by atoms with Crippen LogP contribution in [0.3, 0.4) is 0 Å². The summed E-state index contributed by atoms with van der Waals surface area (Å²) in [6.45, 7) is 3.71. The van der Waals surface area contributed by atoms with Gasteiger partial charge in [0.15, 0.2) is 17.1 Å².